The zero-order chi connectivity index (χ0) is 55.8. The first-order valence-corrected chi connectivity index (χ1v) is 25.8. The standard InChI is InChI=1S/C64H32B10N6O/c65-52-50(53(66)57(70)60(73)56(52)69)39-23-14-24-40(51-54(67)58(71)61(74)59(72)55(51)68)49(39)43-32-79(44-25-9-7-22-38(43)44)35-19-13-20-36(29-35)81-47-31-46-41(37-21-8-10-26-45(37)80(46)48-27-11-12-28-75-48)30-42(47)64-77-62(33-15-3-1-4-16-33)76-63(78-64)34-17-5-2-6-18-34/h1-32H. The Kier molecular flexibility index (Phi) is 13.0. The van der Waals surface area contributed by atoms with Crippen molar-refractivity contribution in [3.63, 3.8) is 0 Å². The van der Waals surface area contributed by atoms with Gasteiger partial charge in [-0.3, -0.25) is 4.57 Å². The van der Waals surface area contributed by atoms with Crippen molar-refractivity contribution >= 4 is 166 Å². The monoisotopic (exact) mass is 1010 g/mol. The minimum Gasteiger partial charge on any atom is -0.456 e. The summed E-state index contributed by atoms with van der Waals surface area (Å²) in [5.41, 5.74) is 9.81. The summed E-state index contributed by atoms with van der Waals surface area (Å²) < 4.78 is 11.4. The molecule has 0 N–H and O–H groups in total. The fraction of sp³-hybridized carbons (Fsp3) is 0. The van der Waals surface area contributed by atoms with Gasteiger partial charge in [0, 0.05) is 63.1 Å². The van der Waals surface area contributed by atoms with Crippen molar-refractivity contribution in [1.29, 1.82) is 0 Å². The third kappa shape index (κ3) is 8.69. The molecule has 7 nitrogen and oxygen atoms in total. The highest BCUT2D eigenvalue weighted by Gasteiger charge is 2.26. The van der Waals surface area contributed by atoms with E-state index in [0.717, 1.165) is 60.9 Å². The number of nitrogens with zero attached hydrogens (tertiary/aromatic N) is 6. The van der Waals surface area contributed by atoms with E-state index >= 15 is 0 Å². The van der Waals surface area contributed by atoms with Gasteiger partial charge in [0.25, 0.3) is 0 Å². The van der Waals surface area contributed by atoms with Crippen molar-refractivity contribution in [3.05, 3.63) is 194 Å². The second kappa shape index (κ2) is 20.5. The molecule has 17 heteroatoms. The van der Waals surface area contributed by atoms with Crippen molar-refractivity contribution in [2.45, 2.75) is 0 Å². The molecule has 0 amide bonds. The number of aromatic nitrogens is 6. The topological polar surface area (TPSA) is 70.7 Å². The summed E-state index contributed by atoms with van der Waals surface area (Å²) in [7, 11) is 66.3. The van der Waals surface area contributed by atoms with Crippen LogP contribution in [0.5, 0.6) is 11.5 Å². The second-order valence-corrected chi connectivity index (χ2v) is 19.6. The Morgan fingerprint density at radius 3 is 1.43 bits per heavy atom. The average molecular weight is 1010 g/mol. The Hall–Kier alpha value is -9.07. The molecule has 0 atom stereocenters. The maximum absolute atomic E-state index is 7.22. The fourth-order valence-electron chi connectivity index (χ4n) is 10.9. The predicted octanol–water partition coefficient (Wildman–Crippen LogP) is 4.04. The van der Waals surface area contributed by atoms with Gasteiger partial charge >= 0.3 is 0 Å². The summed E-state index contributed by atoms with van der Waals surface area (Å²) in [6.07, 6.45) is 3.80. The SMILES string of the molecule is [B]c1c([B])c([B])c(-c2cccc(-c3c([B])c([B])c([B])c([B])c3[B])c2-c2cn(-c3cccc(Oc4cc5c(cc4-c4nc(-c6ccccc6)nc(-c6ccccc6)n4)c4ccccc4n5-c4ccccn4)c3)c3ccccc23)c([B])c1[B]. The molecule has 0 aliphatic heterocycles. The van der Waals surface area contributed by atoms with Crippen LogP contribution in [0.1, 0.15) is 0 Å². The van der Waals surface area contributed by atoms with E-state index in [9.17, 15) is 0 Å². The lowest BCUT2D eigenvalue weighted by Gasteiger charge is -2.27. The van der Waals surface area contributed by atoms with E-state index in [2.05, 4.69) is 27.3 Å². The molecule has 354 valence electrons. The van der Waals surface area contributed by atoms with Gasteiger partial charge in [-0.2, -0.15) is 0 Å². The smallest absolute Gasteiger partial charge is 0.167 e. The van der Waals surface area contributed by atoms with Gasteiger partial charge in [-0.1, -0.05) is 149 Å². The molecular formula is C64H32B10N6O. The lowest BCUT2D eigenvalue weighted by Crippen LogP contribution is -2.55. The van der Waals surface area contributed by atoms with Gasteiger partial charge in [0.2, 0.25) is 0 Å². The Bertz CT molecular complexity index is 4480. The van der Waals surface area contributed by atoms with Gasteiger partial charge in [-0.05, 0) is 70.3 Å². The molecule has 0 saturated carbocycles. The number of benzene rings is 9. The Morgan fingerprint density at radius 2 is 0.852 bits per heavy atom. The number of rotatable bonds is 10. The third-order valence-electron chi connectivity index (χ3n) is 14.9. The van der Waals surface area contributed by atoms with Crippen LogP contribution in [-0.4, -0.2) is 108 Å². The van der Waals surface area contributed by atoms with Crippen molar-refractivity contribution in [2.24, 2.45) is 0 Å². The molecule has 20 radical (unpaired) electrons. The van der Waals surface area contributed by atoms with Gasteiger partial charge in [0.05, 0.1) is 22.1 Å². The Morgan fingerprint density at radius 1 is 0.346 bits per heavy atom. The summed E-state index contributed by atoms with van der Waals surface area (Å²) in [4.78, 5) is 20.2. The van der Waals surface area contributed by atoms with Crippen LogP contribution in [0.15, 0.2) is 194 Å². The molecule has 4 aromatic heterocycles. The van der Waals surface area contributed by atoms with Crippen molar-refractivity contribution in [3.8, 4) is 90.5 Å². The normalized spacial score (nSPS) is 11.5. The minimum atomic E-state index is 0.0718. The summed E-state index contributed by atoms with van der Waals surface area (Å²) >= 11 is 0. The first-order valence-electron chi connectivity index (χ1n) is 25.8. The van der Waals surface area contributed by atoms with Gasteiger partial charge in [-0.15, -0.1) is 32.8 Å². The predicted molar refractivity (Wildman–Crippen MR) is 342 cm³/mol. The molecule has 0 bridgehead atoms. The van der Waals surface area contributed by atoms with E-state index < -0.39 is 0 Å². The van der Waals surface area contributed by atoms with Crippen LogP contribution in [0.25, 0.3) is 112 Å². The van der Waals surface area contributed by atoms with E-state index in [1.54, 1.807) is 6.20 Å². The molecule has 0 spiro atoms. The Labute approximate surface area is 481 Å². The third-order valence-corrected chi connectivity index (χ3v) is 14.9. The lowest BCUT2D eigenvalue weighted by molar-refractivity contribution is 0.484. The molecule has 0 unspecified atom stereocenters. The van der Waals surface area contributed by atoms with E-state index in [0.29, 0.717) is 62.4 Å². The van der Waals surface area contributed by atoms with Crippen LogP contribution in [0.3, 0.4) is 0 Å². The van der Waals surface area contributed by atoms with Crippen LogP contribution in [0, 0.1) is 0 Å². The van der Waals surface area contributed by atoms with E-state index in [1.165, 1.54) is 0 Å². The maximum Gasteiger partial charge on any atom is 0.167 e. The highest BCUT2D eigenvalue weighted by molar-refractivity contribution is 6.70. The summed E-state index contributed by atoms with van der Waals surface area (Å²) in [6.45, 7) is 0. The van der Waals surface area contributed by atoms with Crippen LogP contribution < -0.4 is 59.4 Å². The molecule has 9 aromatic carbocycles. The van der Waals surface area contributed by atoms with Crippen LogP contribution in [-0.2, 0) is 0 Å². The zero-order valence-corrected chi connectivity index (χ0v) is 43.3. The molecule has 0 aliphatic rings. The summed E-state index contributed by atoms with van der Waals surface area (Å²) in [5.74, 6) is 3.16. The van der Waals surface area contributed by atoms with Crippen molar-refractivity contribution in [2.75, 3.05) is 0 Å². The molecule has 0 fully saturated rings. The van der Waals surface area contributed by atoms with Gasteiger partial charge in [-0.25, -0.2) is 19.9 Å². The number of pyridine rings is 1. The molecule has 0 saturated heterocycles. The first-order chi connectivity index (χ1) is 39.4. The molecule has 81 heavy (non-hydrogen) atoms. The number of hydrogen-bond donors (Lipinski definition) is 0. The van der Waals surface area contributed by atoms with Crippen molar-refractivity contribution in [1.82, 2.24) is 29.1 Å². The molecular weight excluding hydrogens is 977 g/mol. The number of ether oxygens (including phenoxy) is 1. The van der Waals surface area contributed by atoms with E-state index in [-0.39, 0.29) is 54.6 Å². The molecule has 0 aliphatic carbocycles. The number of hydrogen-bond acceptors (Lipinski definition) is 5. The average Bonchev–Trinajstić information content (AvgIpc) is 4.22. The number of fused-ring (bicyclic) bond motifs is 4. The minimum absolute atomic E-state index is 0.0718. The van der Waals surface area contributed by atoms with Gasteiger partial charge in [0.15, 0.2) is 17.5 Å². The Balaban J connectivity index is 1.03. The maximum atomic E-state index is 7.22. The summed E-state index contributed by atoms with van der Waals surface area (Å²) in [6, 6.07) is 59.3. The summed E-state index contributed by atoms with van der Waals surface area (Å²) in [5, 5.41) is 2.78. The van der Waals surface area contributed by atoms with E-state index in [4.69, 9.17) is 103 Å². The highest BCUT2D eigenvalue weighted by atomic mass is 16.5. The quantitative estimate of drug-likeness (QED) is 0.194. The zero-order valence-electron chi connectivity index (χ0n) is 43.3. The molecule has 13 rings (SSSR count). The molecule has 13 aromatic rings. The molecule has 4 heterocycles. The fourth-order valence-corrected chi connectivity index (χ4v) is 10.9. The first kappa shape index (κ1) is 51.4. The largest absolute Gasteiger partial charge is 0.456 e. The van der Waals surface area contributed by atoms with Gasteiger partial charge in [0.1, 0.15) is 95.8 Å². The van der Waals surface area contributed by atoms with E-state index in [1.807, 2.05) is 170 Å². The van der Waals surface area contributed by atoms with Crippen LogP contribution in [0.2, 0.25) is 0 Å². The lowest BCUT2D eigenvalue weighted by atomic mass is 9.58. The number of para-hydroxylation sites is 2. The van der Waals surface area contributed by atoms with Crippen LogP contribution >= 0.6 is 0 Å². The second-order valence-electron chi connectivity index (χ2n) is 19.6. The van der Waals surface area contributed by atoms with Gasteiger partial charge < -0.3 is 9.30 Å². The highest BCUT2D eigenvalue weighted by Crippen LogP contribution is 2.45. The van der Waals surface area contributed by atoms with Crippen LogP contribution in [0.4, 0.5) is 0 Å². The van der Waals surface area contributed by atoms with Crippen molar-refractivity contribution < 1.29 is 4.74 Å².